The summed E-state index contributed by atoms with van der Waals surface area (Å²) in [6, 6.07) is 4.17. The van der Waals surface area contributed by atoms with Crippen molar-refractivity contribution >= 4 is 5.69 Å². The minimum Gasteiger partial charge on any atom is -0.369 e. The Morgan fingerprint density at radius 3 is 2.56 bits per heavy atom. The van der Waals surface area contributed by atoms with E-state index in [1.807, 2.05) is 18.6 Å². The minimum atomic E-state index is 0.997. The Labute approximate surface area is 108 Å². The summed E-state index contributed by atoms with van der Waals surface area (Å²) in [6.07, 6.45) is 7.88. The Kier molecular flexibility index (Phi) is 3.43. The third-order valence-corrected chi connectivity index (χ3v) is 3.47. The van der Waals surface area contributed by atoms with Crippen LogP contribution >= 0.6 is 0 Å². The van der Waals surface area contributed by atoms with Crippen molar-refractivity contribution in [1.29, 1.82) is 0 Å². The molecule has 1 aromatic rings. The molecule has 5 nitrogen and oxygen atoms in total. The van der Waals surface area contributed by atoms with E-state index >= 15 is 0 Å². The Bertz CT molecular complexity index is 389. The molecule has 1 aromatic heterocycles. The lowest BCUT2D eigenvalue weighted by molar-refractivity contribution is 0.117. The van der Waals surface area contributed by atoms with Gasteiger partial charge in [0.25, 0.3) is 0 Å². The van der Waals surface area contributed by atoms with Crippen molar-refractivity contribution in [2.45, 2.75) is 0 Å². The zero-order chi connectivity index (χ0) is 12.2. The number of nitrogens with zero attached hydrogens (tertiary/aromatic N) is 4. The van der Waals surface area contributed by atoms with E-state index in [2.05, 4.69) is 43.4 Å². The normalized spacial score (nSPS) is 21.2. The number of hydrogen-bond acceptors (Lipinski definition) is 5. The molecule has 0 unspecified atom stereocenters. The summed E-state index contributed by atoms with van der Waals surface area (Å²) < 4.78 is 0. The monoisotopic (exact) mass is 245 g/mol. The second kappa shape index (κ2) is 5.37. The standard InChI is InChI=1S/C13H19N5/c1-4-15-18(7-1)12-16-8-10-17(11-9-16)13-2-5-14-6-3-13/h1-6,15H,7-12H2. The van der Waals surface area contributed by atoms with Crippen LogP contribution in [0.4, 0.5) is 5.69 Å². The van der Waals surface area contributed by atoms with Gasteiger partial charge in [0.2, 0.25) is 0 Å². The van der Waals surface area contributed by atoms with Crippen molar-refractivity contribution in [2.24, 2.45) is 0 Å². The predicted octanol–water partition coefficient (Wildman–Crippen LogP) is 0.495. The smallest absolute Gasteiger partial charge is 0.0698 e. The molecule has 0 amide bonds. The van der Waals surface area contributed by atoms with Gasteiger partial charge in [-0.25, -0.2) is 5.01 Å². The highest BCUT2D eigenvalue weighted by Crippen LogP contribution is 2.14. The fourth-order valence-electron chi connectivity index (χ4n) is 2.43. The van der Waals surface area contributed by atoms with Crippen molar-refractivity contribution in [3.8, 4) is 0 Å². The number of anilines is 1. The molecule has 1 fully saturated rings. The lowest BCUT2D eigenvalue weighted by Gasteiger charge is -2.37. The van der Waals surface area contributed by atoms with Crippen LogP contribution in [0.25, 0.3) is 0 Å². The minimum absolute atomic E-state index is 0.997. The summed E-state index contributed by atoms with van der Waals surface area (Å²) in [4.78, 5) is 8.97. The van der Waals surface area contributed by atoms with Crippen LogP contribution in [0.3, 0.4) is 0 Å². The van der Waals surface area contributed by atoms with Gasteiger partial charge >= 0.3 is 0 Å². The second-order valence-corrected chi connectivity index (χ2v) is 4.71. The van der Waals surface area contributed by atoms with E-state index in [9.17, 15) is 0 Å². The highest BCUT2D eigenvalue weighted by molar-refractivity contribution is 5.44. The molecular weight excluding hydrogens is 226 g/mol. The fraction of sp³-hybridized carbons (Fsp3) is 0.462. The molecule has 2 aliphatic heterocycles. The van der Waals surface area contributed by atoms with Crippen molar-refractivity contribution in [3.63, 3.8) is 0 Å². The quantitative estimate of drug-likeness (QED) is 0.838. The molecule has 1 N–H and O–H groups in total. The highest BCUT2D eigenvalue weighted by atomic mass is 15.6. The molecule has 5 heteroatoms. The zero-order valence-corrected chi connectivity index (χ0v) is 10.5. The van der Waals surface area contributed by atoms with Crippen LogP contribution in [0.1, 0.15) is 0 Å². The van der Waals surface area contributed by atoms with Crippen LogP contribution < -0.4 is 10.3 Å². The molecule has 0 aliphatic carbocycles. The van der Waals surface area contributed by atoms with Crippen LogP contribution in [0, 0.1) is 0 Å². The van der Waals surface area contributed by atoms with Gasteiger partial charge in [-0.05, 0) is 12.1 Å². The zero-order valence-electron chi connectivity index (χ0n) is 10.5. The molecule has 96 valence electrons. The highest BCUT2D eigenvalue weighted by Gasteiger charge is 2.19. The Hall–Kier alpha value is -1.59. The summed E-state index contributed by atoms with van der Waals surface area (Å²) in [5, 5.41) is 2.22. The van der Waals surface area contributed by atoms with Gasteiger partial charge in [-0.15, -0.1) is 0 Å². The molecule has 0 spiro atoms. The number of aromatic nitrogens is 1. The number of rotatable bonds is 3. The van der Waals surface area contributed by atoms with Crippen molar-refractivity contribution in [3.05, 3.63) is 36.8 Å². The van der Waals surface area contributed by atoms with Gasteiger partial charge < -0.3 is 10.3 Å². The first-order chi connectivity index (χ1) is 8.92. The SMILES string of the molecule is C1=CNN(CN2CCN(c3ccncc3)CC2)C1. The largest absolute Gasteiger partial charge is 0.369 e. The molecule has 2 aliphatic rings. The van der Waals surface area contributed by atoms with E-state index in [0.717, 1.165) is 39.4 Å². The molecule has 3 heterocycles. The lowest BCUT2D eigenvalue weighted by Crippen LogP contribution is -2.51. The van der Waals surface area contributed by atoms with Crippen LogP contribution in [0.15, 0.2) is 36.8 Å². The maximum absolute atomic E-state index is 4.06. The molecule has 18 heavy (non-hydrogen) atoms. The van der Waals surface area contributed by atoms with E-state index < -0.39 is 0 Å². The maximum atomic E-state index is 4.06. The summed E-state index contributed by atoms with van der Waals surface area (Å²) in [5.41, 5.74) is 4.52. The van der Waals surface area contributed by atoms with Crippen LogP contribution in [0.5, 0.6) is 0 Å². The summed E-state index contributed by atoms with van der Waals surface area (Å²) >= 11 is 0. The van der Waals surface area contributed by atoms with Gasteiger partial charge in [0, 0.05) is 57.0 Å². The average molecular weight is 245 g/mol. The van der Waals surface area contributed by atoms with Gasteiger partial charge in [-0.2, -0.15) is 0 Å². The Morgan fingerprint density at radius 2 is 1.89 bits per heavy atom. The summed E-state index contributed by atoms with van der Waals surface area (Å²) in [7, 11) is 0. The molecule has 0 atom stereocenters. The van der Waals surface area contributed by atoms with Crippen molar-refractivity contribution in [2.75, 3.05) is 44.3 Å². The first-order valence-electron chi connectivity index (χ1n) is 6.45. The third kappa shape index (κ3) is 2.63. The molecule has 0 radical (unpaired) electrons. The van der Waals surface area contributed by atoms with Crippen LogP contribution in [-0.4, -0.2) is 54.3 Å². The Balaban J connectivity index is 1.49. The number of nitrogens with one attached hydrogen (secondary N) is 1. The Morgan fingerprint density at radius 1 is 1.11 bits per heavy atom. The number of pyridine rings is 1. The maximum Gasteiger partial charge on any atom is 0.0698 e. The number of hydrazine groups is 1. The van der Waals surface area contributed by atoms with Gasteiger partial charge in [0.1, 0.15) is 0 Å². The first-order valence-corrected chi connectivity index (χ1v) is 6.45. The molecule has 1 saturated heterocycles. The average Bonchev–Trinajstić information content (AvgIpc) is 2.94. The van der Waals surface area contributed by atoms with Crippen LogP contribution in [-0.2, 0) is 0 Å². The van der Waals surface area contributed by atoms with Crippen LogP contribution in [0.2, 0.25) is 0 Å². The van der Waals surface area contributed by atoms with E-state index in [0.29, 0.717) is 0 Å². The molecule has 3 rings (SSSR count). The summed E-state index contributed by atoms with van der Waals surface area (Å²) in [6.45, 7) is 6.40. The number of piperazine rings is 1. The van der Waals surface area contributed by atoms with Crippen molar-refractivity contribution < 1.29 is 0 Å². The lowest BCUT2D eigenvalue weighted by atomic mass is 10.3. The van der Waals surface area contributed by atoms with E-state index in [4.69, 9.17) is 0 Å². The molecule has 0 aromatic carbocycles. The first kappa shape index (κ1) is 11.5. The fourth-order valence-corrected chi connectivity index (χ4v) is 2.43. The topological polar surface area (TPSA) is 34.6 Å². The van der Waals surface area contributed by atoms with Crippen molar-refractivity contribution in [1.82, 2.24) is 20.3 Å². The van der Waals surface area contributed by atoms with Gasteiger partial charge in [-0.1, -0.05) is 6.08 Å². The molecule has 0 saturated carbocycles. The van der Waals surface area contributed by atoms with Gasteiger partial charge in [0.15, 0.2) is 0 Å². The molecule has 0 bridgehead atoms. The van der Waals surface area contributed by atoms with Gasteiger partial charge in [-0.3, -0.25) is 9.88 Å². The second-order valence-electron chi connectivity index (χ2n) is 4.71. The third-order valence-electron chi connectivity index (χ3n) is 3.47. The molecular formula is C13H19N5. The van der Waals surface area contributed by atoms with E-state index in [-0.39, 0.29) is 0 Å². The van der Waals surface area contributed by atoms with E-state index in [1.54, 1.807) is 0 Å². The number of hydrogen-bond donors (Lipinski definition) is 1. The predicted molar refractivity (Wildman–Crippen MR) is 71.9 cm³/mol. The van der Waals surface area contributed by atoms with E-state index in [1.165, 1.54) is 5.69 Å². The summed E-state index contributed by atoms with van der Waals surface area (Å²) in [5.74, 6) is 0. The van der Waals surface area contributed by atoms with Gasteiger partial charge in [0.05, 0.1) is 6.67 Å².